The van der Waals surface area contributed by atoms with Gasteiger partial charge in [-0.1, -0.05) is 30.3 Å². The van der Waals surface area contributed by atoms with Crippen LogP contribution in [-0.4, -0.2) is 24.8 Å². The number of nitrogens with two attached hydrogens (primary N) is 1. The van der Waals surface area contributed by atoms with Gasteiger partial charge in [-0.2, -0.15) is 0 Å². The van der Waals surface area contributed by atoms with Crippen LogP contribution in [0.5, 0.6) is 5.75 Å². The molecule has 1 aliphatic rings. The van der Waals surface area contributed by atoms with E-state index < -0.39 is 4.25 Å². The van der Waals surface area contributed by atoms with Crippen LogP contribution in [0.3, 0.4) is 0 Å². The first-order valence-corrected chi connectivity index (χ1v) is 19.9. The van der Waals surface area contributed by atoms with Crippen LogP contribution >= 0.6 is 26.3 Å². The topological polar surface area (TPSA) is 85.6 Å². The first-order valence-electron chi connectivity index (χ1n) is 14.7. The van der Waals surface area contributed by atoms with E-state index in [0.717, 1.165) is 30.2 Å². The Morgan fingerprint density at radius 2 is 1.20 bits per heavy atom. The van der Waals surface area contributed by atoms with E-state index in [0.29, 0.717) is 12.3 Å². The fourth-order valence-corrected chi connectivity index (χ4v) is 13.0. The van der Waals surface area contributed by atoms with Gasteiger partial charge in [0.2, 0.25) is 0 Å². The molecule has 45 heavy (non-hydrogen) atoms. The SMILES string of the molecule is NC1=NC(c2ccc(OCP(I)(c3ccccc3)(c3ccccc3)c3ccccc3)cc2)NC(=[NH+]CCc2ccccc2)N1.[Cl-]. The smallest absolute Gasteiger partial charge is 1.00 e. The number of halogens is 2. The average molecular weight is 748 g/mol. The van der Waals surface area contributed by atoms with Gasteiger partial charge in [-0.3, -0.25) is 0 Å². The number of hydrogen-bond acceptors (Lipinski definition) is 3. The molecule has 1 atom stereocenters. The Kier molecular flexibility index (Phi) is 10.4. The number of nitrogens with zero attached hydrogens (tertiary/aromatic N) is 1. The summed E-state index contributed by atoms with van der Waals surface area (Å²) >= 11 is 2.74. The van der Waals surface area contributed by atoms with E-state index in [9.17, 15) is 0 Å². The molecule has 0 spiro atoms. The molecule has 0 radical (unpaired) electrons. The molecule has 0 bridgehead atoms. The van der Waals surface area contributed by atoms with Gasteiger partial charge in [0.1, 0.15) is 0 Å². The van der Waals surface area contributed by atoms with Crippen molar-refractivity contribution in [1.82, 2.24) is 10.6 Å². The van der Waals surface area contributed by atoms with Gasteiger partial charge in [0.15, 0.2) is 0 Å². The summed E-state index contributed by atoms with van der Waals surface area (Å²) in [5, 5.41) is 10.4. The fourth-order valence-electron chi connectivity index (χ4n) is 5.56. The zero-order valence-corrected chi connectivity index (χ0v) is 28.5. The van der Waals surface area contributed by atoms with Gasteiger partial charge in [0, 0.05) is 0 Å². The second-order valence-electron chi connectivity index (χ2n) is 10.8. The Hall–Kier alpha value is -3.91. The van der Waals surface area contributed by atoms with Crippen molar-refractivity contribution in [3.05, 3.63) is 157 Å². The minimum Gasteiger partial charge on any atom is -1.00 e. The van der Waals surface area contributed by atoms with Crippen molar-refractivity contribution in [2.24, 2.45) is 10.7 Å². The maximum Gasteiger partial charge on any atom is -1.00 e. The van der Waals surface area contributed by atoms with Crippen molar-refractivity contribution in [2.45, 2.75) is 12.6 Å². The molecule has 6 rings (SSSR count). The Morgan fingerprint density at radius 3 is 1.71 bits per heavy atom. The molecular weight excluding hydrogens is 712 g/mol. The molecule has 0 amide bonds. The number of ether oxygens (including phenoxy) is 1. The zero-order chi connectivity index (χ0) is 30.3. The minimum absolute atomic E-state index is 0. The first-order chi connectivity index (χ1) is 21.5. The third-order valence-corrected chi connectivity index (χ3v) is 18.5. The van der Waals surface area contributed by atoms with Gasteiger partial charge >= 0.3 is 237 Å². The summed E-state index contributed by atoms with van der Waals surface area (Å²) in [5.74, 6) is 1.92. The number of nitrogens with one attached hydrogen (secondary N) is 3. The van der Waals surface area contributed by atoms with Gasteiger partial charge in [0.25, 0.3) is 0 Å². The number of aliphatic imine (C=N–C) groups is 1. The summed E-state index contributed by atoms with van der Waals surface area (Å²) in [7, 11) is 0. The predicted molar refractivity (Wildman–Crippen MR) is 193 cm³/mol. The first kappa shape index (κ1) is 32.5. The molecule has 6 nitrogen and oxygen atoms in total. The summed E-state index contributed by atoms with van der Waals surface area (Å²) < 4.78 is 3.71. The maximum atomic E-state index is 6.76. The van der Waals surface area contributed by atoms with Crippen molar-refractivity contribution < 1.29 is 22.1 Å². The Bertz CT molecular complexity index is 1640. The summed E-state index contributed by atoms with van der Waals surface area (Å²) in [6.07, 6.45) is 1.10. The van der Waals surface area contributed by atoms with Crippen molar-refractivity contribution >= 4 is 54.1 Å². The van der Waals surface area contributed by atoms with Crippen LogP contribution in [0, 0.1) is 0 Å². The molecule has 1 unspecified atom stereocenters. The van der Waals surface area contributed by atoms with Crippen molar-refractivity contribution in [3.63, 3.8) is 0 Å². The van der Waals surface area contributed by atoms with Crippen molar-refractivity contribution in [2.75, 3.05) is 12.9 Å². The number of hydrogen-bond donors (Lipinski definition) is 4. The molecule has 5 N–H and O–H groups in total. The van der Waals surface area contributed by atoms with Crippen LogP contribution < -0.4 is 54.4 Å². The van der Waals surface area contributed by atoms with Crippen LogP contribution in [0.1, 0.15) is 17.3 Å². The Labute approximate surface area is 284 Å². The molecule has 230 valence electrons. The molecule has 0 fully saturated rings. The third-order valence-electron chi connectivity index (χ3n) is 7.91. The zero-order valence-electron chi connectivity index (χ0n) is 24.7. The average Bonchev–Trinajstić information content (AvgIpc) is 3.09. The summed E-state index contributed by atoms with van der Waals surface area (Å²) in [5.41, 5.74) is 8.42. The second kappa shape index (κ2) is 14.5. The summed E-state index contributed by atoms with van der Waals surface area (Å²) in [6, 6.07) is 50.9. The van der Waals surface area contributed by atoms with Crippen molar-refractivity contribution in [1.29, 1.82) is 0 Å². The quantitative estimate of drug-likeness (QED) is 0.128. The Morgan fingerprint density at radius 1 is 0.711 bits per heavy atom. The van der Waals surface area contributed by atoms with E-state index >= 15 is 0 Å². The van der Waals surface area contributed by atoms with Crippen molar-refractivity contribution in [3.8, 4) is 5.75 Å². The van der Waals surface area contributed by atoms with Crippen LogP contribution in [0.4, 0.5) is 0 Å². The van der Waals surface area contributed by atoms with Crippen LogP contribution in [0.2, 0.25) is 0 Å². The monoisotopic (exact) mass is 747 g/mol. The van der Waals surface area contributed by atoms with Crippen LogP contribution in [0.25, 0.3) is 0 Å². The van der Waals surface area contributed by atoms with E-state index in [4.69, 9.17) is 10.5 Å². The van der Waals surface area contributed by atoms with E-state index in [2.05, 4.69) is 158 Å². The van der Waals surface area contributed by atoms with Gasteiger partial charge in [-0.25, -0.2) is 0 Å². The molecular formula is C36H36ClIN5OP. The molecule has 1 heterocycles. The van der Waals surface area contributed by atoms with Crippen LogP contribution in [0.15, 0.2) is 151 Å². The molecule has 9 heteroatoms. The van der Waals surface area contributed by atoms with E-state index in [-0.39, 0.29) is 18.6 Å². The van der Waals surface area contributed by atoms with E-state index in [1.807, 2.05) is 30.3 Å². The van der Waals surface area contributed by atoms with Crippen LogP contribution in [-0.2, 0) is 6.42 Å². The van der Waals surface area contributed by atoms with E-state index in [1.165, 1.54) is 21.5 Å². The molecule has 0 saturated heterocycles. The maximum absolute atomic E-state index is 6.76. The van der Waals surface area contributed by atoms with Gasteiger partial charge in [-0.15, -0.1) is 0 Å². The number of guanidine groups is 2. The Balaban J connectivity index is 0.00000400. The minimum atomic E-state index is -3.05. The fraction of sp³-hybridized carbons (Fsp3) is 0.111. The molecule has 1 aliphatic heterocycles. The molecule has 5 aromatic carbocycles. The number of rotatable bonds is 10. The van der Waals surface area contributed by atoms with Gasteiger partial charge < -0.3 is 12.4 Å². The largest absolute Gasteiger partial charge is 1.00 e. The second-order valence-corrected chi connectivity index (χ2v) is 21.3. The molecule has 0 saturated carbocycles. The standard InChI is InChI=1S/C36H35IN5OP.ClH/c37-44(31-15-7-2-8-16-31,32-17-9-3-10-18-32,33-19-11-4-12-20-33)27-43-30-23-21-29(22-24-30)34-40-35(38)42-36(41-34)39-26-25-28-13-5-1-6-14-28;/h1-24,34H,25-27H2,(H4,38,39,40,41,42);1H. The van der Waals surface area contributed by atoms with Gasteiger partial charge in [0.05, 0.1) is 0 Å². The normalized spacial score (nSPS) is 16.2. The van der Waals surface area contributed by atoms with Gasteiger partial charge in [-0.05, 0) is 5.56 Å². The predicted octanol–water partition coefficient (Wildman–Crippen LogP) is 1.09. The third kappa shape index (κ3) is 7.01. The molecule has 5 aromatic rings. The van der Waals surface area contributed by atoms with E-state index in [1.54, 1.807) is 0 Å². The summed E-state index contributed by atoms with van der Waals surface area (Å²) in [4.78, 5) is 8.00. The molecule has 0 aromatic heterocycles. The number of benzene rings is 5. The summed E-state index contributed by atoms with van der Waals surface area (Å²) in [6.45, 7) is 0.763. The molecule has 0 aliphatic carbocycles.